The van der Waals surface area contributed by atoms with Gasteiger partial charge in [-0.15, -0.1) is 0 Å². The Bertz CT molecular complexity index is 880. The summed E-state index contributed by atoms with van der Waals surface area (Å²) in [5.41, 5.74) is 0.736. The number of amides is 1. The fourth-order valence-electron chi connectivity index (χ4n) is 3.02. The maximum Gasteiger partial charge on any atom is 0.243 e. The Hall–Kier alpha value is -1.74. The van der Waals surface area contributed by atoms with Gasteiger partial charge in [0.15, 0.2) is 0 Å². The highest BCUT2D eigenvalue weighted by molar-refractivity contribution is 9.10. The van der Waals surface area contributed by atoms with Gasteiger partial charge in [0.05, 0.1) is 10.9 Å². The highest BCUT2D eigenvalue weighted by atomic mass is 79.9. The van der Waals surface area contributed by atoms with E-state index in [1.165, 1.54) is 4.31 Å². The summed E-state index contributed by atoms with van der Waals surface area (Å²) in [4.78, 5) is 14.8. The number of carbonyl (C=O) groups excluding carboxylic acids is 1. The summed E-state index contributed by atoms with van der Waals surface area (Å²) in [7, 11) is -3.48. The molecule has 1 N–H and O–H groups in total. The molecule has 2 aromatic rings. The van der Waals surface area contributed by atoms with Crippen LogP contribution < -0.4 is 5.32 Å². The Balaban J connectivity index is 1.58. The third kappa shape index (κ3) is 4.76. The van der Waals surface area contributed by atoms with Crippen LogP contribution >= 0.6 is 15.9 Å². The molecule has 1 saturated heterocycles. The lowest BCUT2D eigenvalue weighted by Crippen LogP contribution is -2.53. The molecule has 0 saturated carbocycles. The number of hydrogen-bond acceptors (Lipinski definition) is 4. The van der Waals surface area contributed by atoms with Crippen molar-refractivity contribution < 1.29 is 13.2 Å². The van der Waals surface area contributed by atoms with E-state index in [-0.39, 0.29) is 11.9 Å². The van der Waals surface area contributed by atoms with Gasteiger partial charge >= 0.3 is 0 Å². The lowest BCUT2D eigenvalue weighted by atomic mass is 10.2. The van der Waals surface area contributed by atoms with Crippen LogP contribution in [0.2, 0.25) is 0 Å². The zero-order chi connectivity index (χ0) is 19.4. The SMILES string of the molecule is C[C@H](C(=O)Nc1ccc(Br)cc1)N1CCN(S(=O)(=O)c2ccccc2)CC1. The highest BCUT2D eigenvalue weighted by Gasteiger charge is 2.31. The number of piperazine rings is 1. The van der Waals surface area contributed by atoms with Crippen LogP contribution in [0.15, 0.2) is 64.0 Å². The quantitative estimate of drug-likeness (QED) is 0.758. The van der Waals surface area contributed by atoms with E-state index in [0.29, 0.717) is 31.1 Å². The first-order valence-corrected chi connectivity index (χ1v) is 11.0. The second kappa shape index (κ2) is 8.52. The molecule has 1 heterocycles. The molecule has 1 atom stereocenters. The van der Waals surface area contributed by atoms with Crippen LogP contribution in [0.25, 0.3) is 0 Å². The van der Waals surface area contributed by atoms with Gasteiger partial charge in [0.25, 0.3) is 0 Å². The topological polar surface area (TPSA) is 69.7 Å². The Morgan fingerprint density at radius 1 is 1.00 bits per heavy atom. The van der Waals surface area contributed by atoms with E-state index in [9.17, 15) is 13.2 Å². The minimum absolute atomic E-state index is 0.100. The van der Waals surface area contributed by atoms with E-state index in [1.807, 2.05) is 36.1 Å². The Morgan fingerprint density at radius 3 is 2.19 bits per heavy atom. The monoisotopic (exact) mass is 451 g/mol. The standard InChI is InChI=1S/C19H22BrN3O3S/c1-15(19(24)21-17-9-7-16(20)8-10-17)22-11-13-23(14-12-22)27(25,26)18-5-3-2-4-6-18/h2-10,15H,11-14H2,1H3,(H,21,24)/t15-/m1/s1. The van der Waals surface area contributed by atoms with Gasteiger partial charge in [0.2, 0.25) is 15.9 Å². The van der Waals surface area contributed by atoms with Crippen molar-refractivity contribution in [3.8, 4) is 0 Å². The summed E-state index contributed by atoms with van der Waals surface area (Å²) >= 11 is 3.37. The smallest absolute Gasteiger partial charge is 0.243 e. The number of halogens is 1. The molecular formula is C19H22BrN3O3S. The molecule has 6 nitrogen and oxygen atoms in total. The van der Waals surface area contributed by atoms with Crippen molar-refractivity contribution in [3.05, 3.63) is 59.1 Å². The van der Waals surface area contributed by atoms with Gasteiger partial charge in [0, 0.05) is 36.3 Å². The second-order valence-electron chi connectivity index (χ2n) is 6.43. The van der Waals surface area contributed by atoms with Crippen molar-refractivity contribution in [2.45, 2.75) is 17.9 Å². The van der Waals surface area contributed by atoms with Crippen molar-refractivity contribution in [2.24, 2.45) is 0 Å². The molecule has 1 aliphatic heterocycles. The fraction of sp³-hybridized carbons (Fsp3) is 0.316. The summed E-state index contributed by atoms with van der Waals surface area (Å²) in [5.74, 6) is -0.100. The van der Waals surface area contributed by atoms with Crippen molar-refractivity contribution in [3.63, 3.8) is 0 Å². The molecule has 2 aromatic carbocycles. The van der Waals surface area contributed by atoms with Crippen LogP contribution in [0.1, 0.15) is 6.92 Å². The van der Waals surface area contributed by atoms with E-state index in [4.69, 9.17) is 0 Å². The molecule has 0 unspecified atom stereocenters. The number of anilines is 1. The fourth-order valence-corrected chi connectivity index (χ4v) is 4.73. The zero-order valence-electron chi connectivity index (χ0n) is 15.0. The second-order valence-corrected chi connectivity index (χ2v) is 9.28. The zero-order valence-corrected chi connectivity index (χ0v) is 17.4. The van der Waals surface area contributed by atoms with E-state index >= 15 is 0 Å². The molecule has 0 spiro atoms. The van der Waals surface area contributed by atoms with Gasteiger partial charge in [0.1, 0.15) is 0 Å². The first-order chi connectivity index (χ1) is 12.9. The average molecular weight is 452 g/mol. The number of carbonyl (C=O) groups is 1. The van der Waals surface area contributed by atoms with Crippen LogP contribution in [-0.2, 0) is 14.8 Å². The van der Waals surface area contributed by atoms with Gasteiger partial charge < -0.3 is 5.32 Å². The van der Waals surface area contributed by atoms with Gasteiger partial charge in [-0.2, -0.15) is 4.31 Å². The van der Waals surface area contributed by atoms with E-state index in [0.717, 1.165) is 10.2 Å². The number of nitrogens with one attached hydrogen (secondary N) is 1. The van der Waals surface area contributed by atoms with Crippen molar-refractivity contribution in [1.82, 2.24) is 9.21 Å². The van der Waals surface area contributed by atoms with E-state index in [1.54, 1.807) is 30.3 Å². The van der Waals surface area contributed by atoms with Crippen LogP contribution in [0.5, 0.6) is 0 Å². The normalized spacial score (nSPS) is 17.4. The molecule has 8 heteroatoms. The van der Waals surface area contributed by atoms with Crippen LogP contribution in [0.4, 0.5) is 5.69 Å². The Kier molecular flexibility index (Phi) is 6.31. The van der Waals surface area contributed by atoms with Gasteiger partial charge in [-0.3, -0.25) is 9.69 Å². The summed E-state index contributed by atoms with van der Waals surface area (Å²) in [6.45, 7) is 3.61. The molecule has 27 heavy (non-hydrogen) atoms. The lowest BCUT2D eigenvalue weighted by molar-refractivity contribution is -0.121. The van der Waals surface area contributed by atoms with Crippen LogP contribution in [-0.4, -0.2) is 55.8 Å². The molecule has 1 fully saturated rings. The molecule has 0 aromatic heterocycles. The van der Waals surface area contributed by atoms with Gasteiger partial charge in [-0.1, -0.05) is 34.1 Å². The average Bonchev–Trinajstić information content (AvgIpc) is 2.70. The number of nitrogens with zero attached hydrogens (tertiary/aromatic N) is 2. The highest BCUT2D eigenvalue weighted by Crippen LogP contribution is 2.19. The first-order valence-electron chi connectivity index (χ1n) is 8.73. The largest absolute Gasteiger partial charge is 0.325 e. The summed E-state index contributed by atoms with van der Waals surface area (Å²) < 4.78 is 27.8. The predicted octanol–water partition coefficient (Wildman–Crippen LogP) is 2.78. The molecular weight excluding hydrogens is 430 g/mol. The van der Waals surface area contributed by atoms with Crippen LogP contribution in [0.3, 0.4) is 0 Å². The third-order valence-electron chi connectivity index (χ3n) is 4.69. The van der Waals surface area contributed by atoms with Crippen molar-refractivity contribution >= 4 is 37.5 Å². The third-order valence-corrected chi connectivity index (χ3v) is 7.13. The first kappa shape index (κ1) is 20.0. The molecule has 0 aliphatic carbocycles. The van der Waals surface area contributed by atoms with Crippen molar-refractivity contribution in [1.29, 1.82) is 0 Å². The lowest BCUT2D eigenvalue weighted by Gasteiger charge is -2.36. The summed E-state index contributed by atoms with van der Waals surface area (Å²) in [6.07, 6.45) is 0. The minimum Gasteiger partial charge on any atom is -0.325 e. The number of sulfonamides is 1. The van der Waals surface area contributed by atoms with Crippen LogP contribution in [0, 0.1) is 0 Å². The number of benzene rings is 2. The van der Waals surface area contributed by atoms with E-state index in [2.05, 4.69) is 21.2 Å². The number of rotatable bonds is 5. The summed E-state index contributed by atoms with van der Waals surface area (Å²) in [6, 6.07) is 15.5. The summed E-state index contributed by atoms with van der Waals surface area (Å²) in [5, 5.41) is 2.90. The maximum atomic E-state index is 12.7. The molecule has 3 rings (SSSR count). The Labute approximate surface area is 168 Å². The number of hydrogen-bond donors (Lipinski definition) is 1. The van der Waals surface area contributed by atoms with Gasteiger partial charge in [-0.05, 0) is 43.3 Å². The van der Waals surface area contributed by atoms with Crippen molar-refractivity contribution in [2.75, 3.05) is 31.5 Å². The Morgan fingerprint density at radius 2 is 1.59 bits per heavy atom. The van der Waals surface area contributed by atoms with E-state index < -0.39 is 10.0 Å². The molecule has 1 aliphatic rings. The molecule has 1 amide bonds. The predicted molar refractivity (Wildman–Crippen MR) is 109 cm³/mol. The maximum absolute atomic E-state index is 12.7. The molecule has 0 bridgehead atoms. The molecule has 0 radical (unpaired) electrons. The van der Waals surface area contributed by atoms with Gasteiger partial charge in [-0.25, -0.2) is 8.42 Å². The minimum atomic E-state index is -3.48. The molecule has 144 valence electrons.